The van der Waals surface area contributed by atoms with Crippen molar-refractivity contribution >= 4 is 28.6 Å². The number of rotatable bonds is 12. The third-order valence-electron chi connectivity index (χ3n) is 4.78. The van der Waals surface area contributed by atoms with Crippen LogP contribution in [-0.4, -0.2) is 56.0 Å². The summed E-state index contributed by atoms with van der Waals surface area (Å²) in [4.78, 5) is 11.3. The Labute approximate surface area is 240 Å². The first-order valence-corrected chi connectivity index (χ1v) is 12.7. The zero-order chi connectivity index (χ0) is 29.9. The summed E-state index contributed by atoms with van der Waals surface area (Å²) < 4.78 is 96.1. The van der Waals surface area contributed by atoms with Crippen LogP contribution in [-0.2, 0) is 16.0 Å². The fourth-order valence-electron chi connectivity index (χ4n) is 3.04. The highest BCUT2D eigenvalue weighted by Crippen LogP contribution is 2.27. The van der Waals surface area contributed by atoms with Crippen molar-refractivity contribution in [3.63, 3.8) is 0 Å². The van der Waals surface area contributed by atoms with Gasteiger partial charge in [0.05, 0.1) is 3.57 Å². The maximum absolute atomic E-state index is 12.5. The molecule has 0 saturated heterocycles. The minimum Gasteiger partial charge on any atom is -0.488 e. The van der Waals surface area contributed by atoms with Gasteiger partial charge in [0.1, 0.15) is 23.9 Å². The van der Waals surface area contributed by atoms with Crippen molar-refractivity contribution in [2.45, 2.75) is 38.7 Å². The van der Waals surface area contributed by atoms with Crippen LogP contribution in [0.25, 0.3) is 0 Å². The number of carboxylic acids is 1. The van der Waals surface area contributed by atoms with E-state index in [9.17, 15) is 36.2 Å². The van der Waals surface area contributed by atoms with Gasteiger partial charge in [-0.1, -0.05) is 17.9 Å². The van der Waals surface area contributed by atoms with E-state index in [2.05, 4.69) is 43.9 Å². The van der Waals surface area contributed by atoms with Gasteiger partial charge in [-0.2, -0.15) is 26.3 Å². The molecule has 0 bridgehead atoms. The Kier molecular flexibility index (Phi) is 12.4. The number of ether oxygens (including phenoxy) is 4. The van der Waals surface area contributed by atoms with Crippen LogP contribution in [0.3, 0.4) is 0 Å². The molecule has 2 aromatic carbocycles. The lowest BCUT2D eigenvalue weighted by Crippen LogP contribution is -2.26. The molecule has 0 amide bonds. The lowest BCUT2D eigenvalue weighted by molar-refractivity contribution is -0.154. The van der Waals surface area contributed by atoms with Gasteiger partial charge >= 0.3 is 18.3 Å². The van der Waals surface area contributed by atoms with Crippen LogP contribution >= 0.6 is 22.6 Å². The summed E-state index contributed by atoms with van der Waals surface area (Å²) in [5.41, 5.74) is 1.37. The van der Waals surface area contributed by atoms with E-state index in [0.29, 0.717) is 11.3 Å². The molecule has 0 aliphatic rings. The summed E-state index contributed by atoms with van der Waals surface area (Å²) >= 11 is 2.06. The largest absolute Gasteiger partial charge is 0.488 e. The molecule has 0 aliphatic heterocycles. The molecule has 218 valence electrons. The van der Waals surface area contributed by atoms with Crippen molar-refractivity contribution in [3.8, 4) is 29.1 Å². The second kappa shape index (κ2) is 15.0. The second-order valence-corrected chi connectivity index (χ2v) is 9.36. The highest BCUT2D eigenvalue weighted by molar-refractivity contribution is 14.1. The van der Waals surface area contributed by atoms with Gasteiger partial charge in [0.2, 0.25) is 0 Å². The number of alkyl halides is 6. The van der Waals surface area contributed by atoms with Gasteiger partial charge in [-0.15, -0.1) is 0 Å². The topological polar surface area (TPSA) is 74.2 Å². The molecule has 2 rings (SSSR count). The van der Waals surface area contributed by atoms with Crippen LogP contribution in [0.4, 0.5) is 26.3 Å². The molecule has 1 atom stereocenters. The van der Waals surface area contributed by atoms with Crippen molar-refractivity contribution in [1.29, 1.82) is 0 Å². The first-order valence-electron chi connectivity index (χ1n) is 11.6. The molecule has 0 spiro atoms. The van der Waals surface area contributed by atoms with E-state index in [1.807, 2.05) is 0 Å². The van der Waals surface area contributed by atoms with E-state index in [4.69, 9.17) is 9.47 Å². The molecule has 0 saturated carbocycles. The summed E-state index contributed by atoms with van der Waals surface area (Å²) in [6, 6.07) is 8.46. The van der Waals surface area contributed by atoms with Crippen molar-refractivity contribution in [1.82, 2.24) is 0 Å². The van der Waals surface area contributed by atoms with E-state index >= 15 is 0 Å². The summed E-state index contributed by atoms with van der Waals surface area (Å²) in [6.45, 7) is 0.478. The van der Waals surface area contributed by atoms with E-state index in [-0.39, 0.29) is 36.7 Å². The molecule has 0 radical (unpaired) electrons. The number of allylic oxidation sites excluding steroid dienone is 1. The molecule has 2 aromatic rings. The Morgan fingerprint density at radius 3 is 2.10 bits per heavy atom. The molecule has 0 fully saturated rings. The Morgan fingerprint density at radius 1 is 1.00 bits per heavy atom. The zero-order valence-electron chi connectivity index (χ0n) is 21.3. The Balaban J connectivity index is 2.09. The summed E-state index contributed by atoms with van der Waals surface area (Å²) in [5.74, 6) is 4.22. The minimum atomic E-state index is -4.64. The van der Waals surface area contributed by atoms with Crippen LogP contribution in [0.1, 0.15) is 25.0 Å². The maximum Gasteiger partial charge on any atom is 0.422 e. The first-order chi connectivity index (χ1) is 18.6. The highest BCUT2D eigenvalue weighted by atomic mass is 127. The smallest absolute Gasteiger partial charge is 0.422 e. The first kappa shape index (κ1) is 33.1. The Morgan fingerprint density at radius 2 is 1.60 bits per heavy atom. The molecule has 6 nitrogen and oxygen atoms in total. The van der Waals surface area contributed by atoms with Crippen molar-refractivity contribution in [3.05, 3.63) is 62.7 Å². The fraction of sp³-hybridized carbons (Fsp3) is 0.370. The standard InChI is InChI=1S/C27H25F6IO6/c1-3-37-24(25(35)36)13-19-6-7-23(22(34)12-19)38-9-8-17(2)4-5-18-10-20(39-15-26(28,29)30)14-21(11-18)40-16-27(31,32)33/h6-8,10-12,14,24H,3,9,13,15-16H2,1-2H3,(H,35,36). The number of carboxylic acid groups (broad SMARTS) is 1. The number of benzene rings is 2. The second-order valence-electron chi connectivity index (χ2n) is 8.20. The quantitative estimate of drug-likeness (QED) is 0.155. The maximum atomic E-state index is 12.5. The monoisotopic (exact) mass is 686 g/mol. The zero-order valence-corrected chi connectivity index (χ0v) is 23.4. The predicted molar refractivity (Wildman–Crippen MR) is 142 cm³/mol. The Hall–Kier alpha value is -3.12. The molecule has 0 heterocycles. The third-order valence-corrected chi connectivity index (χ3v) is 5.62. The van der Waals surface area contributed by atoms with E-state index in [1.54, 1.807) is 38.1 Å². The molecule has 0 aromatic heterocycles. The molecule has 40 heavy (non-hydrogen) atoms. The number of carbonyl (C=O) groups is 1. The van der Waals surface area contributed by atoms with Crippen molar-refractivity contribution < 1.29 is 55.2 Å². The summed E-state index contributed by atoms with van der Waals surface area (Å²) in [6.07, 6.45) is -8.41. The van der Waals surface area contributed by atoms with E-state index in [0.717, 1.165) is 27.3 Å². The number of hydrogen-bond acceptors (Lipinski definition) is 5. The fourth-order valence-corrected chi connectivity index (χ4v) is 3.78. The van der Waals surface area contributed by atoms with Crippen molar-refractivity contribution in [2.24, 2.45) is 0 Å². The summed E-state index contributed by atoms with van der Waals surface area (Å²) in [7, 11) is 0. The third kappa shape index (κ3) is 12.8. The average molecular weight is 686 g/mol. The average Bonchev–Trinajstić information content (AvgIpc) is 2.85. The lowest BCUT2D eigenvalue weighted by atomic mass is 10.1. The molecular formula is C27H25F6IO6. The van der Waals surface area contributed by atoms with Gasteiger partial charge in [0, 0.05) is 24.7 Å². The normalized spacial score (nSPS) is 12.8. The summed E-state index contributed by atoms with van der Waals surface area (Å²) in [5, 5.41) is 9.24. The van der Waals surface area contributed by atoms with Gasteiger partial charge in [0.15, 0.2) is 19.3 Å². The Bertz CT molecular complexity index is 1210. The van der Waals surface area contributed by atoms with E-state index < -0.39 is 37.6 Å². The lowest BCUT2D eigenvalue weighted by Gasteiger charge is -2.13. The van der Waals surface area contributed by atoms with Crippen LogP contribution in [0.5, 0.6) is 17.2 Å². The number of aliphatic carboxylic acids is 1. The highest BCUT2D eigenvalue weighted by Gasteiger charge is 2.30. The van der Waals surface area contributed by atoms with Crippen LogP contribution in [0.2, 0.25) is 0 Å². The molecule has 0 aliphatic carbocycles. The number of halogens is 7. The van der Waals surface area contributed by atoms with Gasteiger partial charge < -0.3 is 24.1 Å². The molecule has 1 N–H and O–H groups in total. The van der Waals surface area contributed by atoms with Gasteiger partial charge in [-0.05, 0) is 77.9 Å². The van der Waals surface area contributed by atoms with Crippen LogP contribution < -0.4 is 14.2 Å². The molecular weight excluding hydrogens is 661 g/mol. The molecule has 1 unspecified atom stereocenters. The predicted octanol–water partition coefficient (Wildman–Crippen LogP) is 6.58. The SMILES string of the molecule is CCOC(Cc1ccc(OCC=C(C)C#Cc2cc(OCC(F)(F)F)cc(OCC(F)(F)F)c2)c(I)c1)C(=O)O. The molecule has 13 heteroatoms. The van der Waals surface area contributed by atoms with Crippen molar-refractivity contribution in [2.75, 3.05) is 26.4 Å². The number of hydrogen-bond donors (Lipinski definition) is 1. The van der Waals surface area contributed by atoms with Crippen LogP contribution in [0.15, 0.2) is 48.0 Å². The van der Waals surface area contributed by atoms with Gasteiger partial charge in [-0.3, -0.25) is 0 Å². The van der Waals surface area contributed by atoms with Gasteiger partial charge in [-0.25, -0.2) is 4.79 Å². The van der Waals surface area contributed by atoms with Crippen LogP contribution in [0, 0.1) is 15.4 Å². The van der Waals surface area contributed by atoms with Gasteiger partial charge in [0.25, 0.3) is 0 Å². The minimum absolute atomic E-state index is 0.0855. The van der Waals surface area contributed by atoms with E-state index in [1.165, 1.54) is 0 Å².